The Balaban J connectivity index is 1.53. The van der Waals surface area contributed by atoms with Gasteiger partial charge in [0.15, 0.2) is 11.9 Å². The smallest absolute Gasteiger partial charge is 0.425 e. The van der Waals surface area contributed by atoms with Gasteiger partial charge in [-0.05, 0) is 36.6 Å². The number of halogens is 4. The number of alkyl halides is 3. The van der Waals surface area contributed by atoms with E-state index in [1.165, 1.54) is 32.0 Å². The molecule has 242 valence electrons. The molecule has 0 bridgehead atoms. The molecule has 3 atom stereocenters. The topological polar surface area (TPSA) is 87.7 Å². The van der Waals surface area contributed by atoms with Gasteiger partial charge in [-0.2, -0.15) is 13.2 Å². The van der Waals surface area contributed by atoms with Crippen molar-refractivity contribution in [1.82, 2.24) is 25.1 Å². The van der Waals surface area contributed by atoms with Crippen molar-refractivity contribution >= 4 is 11.8 Å². The lowest BCUT2D eigenvalue weighted by molar-refractivity contribution is -0.207. The minimum Gasteiger partial charge on any atom is -0.480 e. The highest BCUT2D eigenvalue weighted by atomic mass is 19.4. The monoisotopic (exact) mass is 629 g/mol. The first-order valence-electron chi connectivity index (χ1n) is 15.0. The summed E-state index contributed by atoms with van der Waals surface area (Å²) in [6, 6.07) is 11.6. The Kier molecular flexibility index (Phi) is 10.8. The molecular formula is C33H39F4N5O3. The predicted octanol–water partition coefficient (Wildman–Crippen LogP) is 5.62. The van der Waals surface area contributed by atoms with Crippen LogP contribution >= 0.6 is 0 Å². The SMILES string of the molecule is CC(C)C(=O)N1[C@H](C)CN(Cc2c(F)cccc2OC(C(C)C)C(F)(F)F)C[C@@H]1C(=O)NCc1ccc(-c2ncccn2)cc1. The second-order valence-corrected chi connectivity index (χ2v) is 12.0. The van der Waals surface area contributed by atoms with Crippen molar-refractivity contribution in [1.29, 1.82) is 0 Å². The van der Waals surface area contributed by atoms with E-state index in [9.17, 15) is 22.8 Å². The molecule has 2 heterocycles. The normalized spacial score (nSPS) is 18.2. The van der Waals surface area contributed by atoms with Crippen LogP contribution < -0.4 is 10.1 Å². The van der Waals surface area contributed by atoms with Gasteiger partial charge in [-0.1, -0.05) is 58.0 Å². The highest BCUT2D eigenvalue weighted by Gasteiger charge is 2.45. The number of hydrogen-bond acceptors (Lipinski definition) is 6. The molecule has 1 N–H and O–H groups in total. The average Bonchev–Trinajstić information content (AvgIpc) is 2.99. The third kappa shape index (κ3) is 8.36. The fraction of sp³-hybridized carbons (Fsp3) is 0.455. The van der Waals surface area contributed by atoms with Crippen LogP contribution in [-0.4, -0.2) is 69.0 Å². The molecule has 3 aromatic rings. The molecule has 1 unspecified atom stereocenters. The number of amides is 2. The van der Waals surface area contributed by atoms with Gasteiger partial charge >= 0.3 is 6.18 Å². The molecule has 0 spiro atoms. The van der Waals surface area contributed by atoms with Gasteiger partial charge in [0, 0.05) is 61.7 Å². The zero-order valence-electron chi connectivity index (χ0n) is 26.0. The van der Waals surface area contributed by atoms with Crippen LogP contribution in [0.5, 0.6) is 5.75 Å². The van der Waals surface area contributed by atoms with Crippen LogP contribution in [0.25, 0.3) is 11.4 Å². The summed E-state index contributed by atoms with van der Waals surface area (Å²) in [7, 11) is 0. The van der Waals surface area contributed by atoms with E-state index in [0.717, 1.165) is 11.1 Å². The molecular weight excluding hydrogens is 590 g/mol. The molecule has 1 aromatic heterocycles. The second kappa shape index (κ2) is 14.4. The fourth-order valence-electron chi connectivity index (χ4n) is 5.45. The summed E-state index contributed by atoms with van der Waals surface area (Å²) in [6.07, 6.45) is -3.46. The third-order valence-corrected chi connectivity index (χ3v) is 7.70. The molecule has 0 radical (unpaired) electrons. The fourth-order valence-corrected chi connectivity index (χ4v) is 5.45. The maximum Gasteiger partial charge on any atom is 0.425 e. The molecule has 1 aliphatic heterocycles. The van der Waals surface area contributed by atoms with Gasteiger partial charge in [0.2, 0.25) is 11.8 Å². The standard InChI is InChI=1S/C33H39F4N5O3/c1-20(2)29(33(35,36)37)45-28-9-6-8-26(34)25(28)18-41-17-22(5)42(32(44)21(3)4)27(19-41)31(43)40-16-23-10-12-24(13-11-23)30-38-14-7-15-39-30/h6-15,20-22,27,29H,16-19H2,1-5H3,(H,40,43)/t22-,27-,29?/m1/s1. The average molecular weight is 630 g/mol. The Morgan fingerprint density at radius 3 is 2.27 bits per heavy atom. The number of carbonyl (C=O) groups excluding carboxylic acids is 2. The zero-order valence-corrected chi connectivity index (χ0v) is 26.0. The van der Waals surface area contributed by atoms with E-state index in [1.54, 1.807) is 49.0 Å². The molecule has 8 nitrogen and oxygen atoms in total. The molecule has 0 aliphatic carbocycles. The van der Waals surface area contributed by atoms with Crippen molar-refractivity contribution in [3.8, 4) is 17.1 Å². The summed E-state index contributed by atoms with van der Waals surface area (Å²) in [5.74, 6) is -2.20. The molecule has 2 aromatic carbocycles. The van der Waals surface area contributed by atoms with E-state index in [4.69, 9.17) is 4.74 Å². The quantitative estimate of drug-likeness (QED) is 0.293. The van der Waals surface area contributed by atoms with Crippen molar-refractivity contribution in [3.05, 3.63) is 77.9 Å². The summed E-state index contributed by atoms with van der Waals surface area (Å²) in [4.78, 5) is 38.7. The van der Waals surface area contributed by atoms with Gasteiger partial charge in [-0.3, -0.25) is 14.5 Å². The lowest BCUT2D eigenvalue weighted by Gasteiger charge is -2.45. The van der Waals surface area contributed by atoms with Crippen LogP contribution in [0.1, 0.15) is 45.7 Å². The van der Waals surface area contributed by atoms with Gasteiger partial charge in [-0.15, -0.1) is 0 Å². The number of ether oxygens (including phenoxy) is 1. The number of nitrogens with zero attached hydrogens (tertiary/aromatic N) is 4. The predicted molar refractivity (Wildman–Crippen MR) is 161 cm³/mol. The first kappa shape index (κ1) is 33.8. The first-order valence-corrected chi connectivity index (χ1v) is 15.0. The molecule has 2 amide bonds. The summed E-state index contributed by atoms with van der Waals surface area (Å²) >= 11 is 0. The number of hydrogen-bond donors (Lipinski definition) is 1. The van der Waals surface area contributed by atoms with E-state index in [1.807, 2.05) is 24.3 Å². The molecule has 4 rings (SSSR count). The molecule has 45 heavy (non-hydrogen) atoms. The summed E-state index contributed by atoms with van der Waals surface area (Å²) < 4.78 is 61.6. The lowest BCUT2D eigenvalue weighted by atomic mass is 10.0. The van der Waals surface area contributed by atoms with E-state index < -0.39 is 42.0 Å². The van der Waals surface area contributed by atoms with Crippen molar-refractivity contribution in [2.75, 3.05) is 13.1 Å². The minimum absolute atomic E-state index is 0.0371. The van der Waals surface area contributed by atoms with Crippen LogP contribution in [0.15, 0.2) is 60.9 Å². The van der Waals surface area contributed by atoms with Gasteiger partial charge < -0.3 is 15.0 Å². The summed E-state index contributed by atoms with van der Waals surface area (Å²) in [5.41, 5.74) is 1.61. The highest BCUT2D eigenvalue weighted by Crippen LogP contribution is 2.33. The van der Waals surface area contributed by atoms with Crippen LogP contribution in [0.4, 0.5) is 17.6 Å². The maximum absolute atomic E-state index is 15.1. The third-order valence-electron chi connectivity index (χ3n) is 7.70. The first-order chi connectivity index (χ1) is 21.3. The summed E-state index contributed by atoms with van der Waals surface area (Å²) in [6.45, 7) is 8.51. The molecule has 1 aliphatic rings. The highest BCUT2D eigenvalue weighted by molar-refractivity contribution is 5.89. The van der Waals surface area contributed by atoms with Gasteiger partial charge in [0.1, 0.15) is 17.6 Å². The Bertz CT molecular complexity index is 1450. The van der Waals surface area contributed by atoms with Gasteiger partial charge in [-0.25, -0.2) is 14.4 Å². The number of benzene rings is 2. The Morgan fingerprint density at radius 2 is 1.67 bits per heavy atom. The van der Waals surface area contributed by atoms with Crippen LogP contribution in [0.3, 0.4) is 0 Å². The second-order valence-electron chi connectivity index (χ2n) is 12.0. The van der Waals surface area contributed by atoms with Crippen LogP contribution in [0.2, 0.25) is 0 Å². The van der Waals surface area contributed by atoms with E-state index in [0.29, 0.717) is 5.82 Å². The van der Waals surface area contributed by atoms with E-state index in [-0.39, 0.29) is 49.3 Å². The maximum atomic E-state index is 15.1. The zero-order chi connectivity index (χ0) is 32.9. The van der Waals surface area contributed by atoms with Crippen molar-refractivity contribution in [3.63, 3.8) is 0 Å². The lowest BCUT2D eigenvalue weighted by Crippen LogP contribution is -2.64. The van der Waals surface area contributed by atoms with Crippen LogP contribution in [-0.2, 0) is 22.7 Å². The molecule has 12 heteroatoms. The number of piperazine rings is 1. The van der Waals surface area contributed by atoms with Gasteiger partial charge in [0.25, 0.3) is 0 Å². The minimum atomic E-state index is -4.64. The Labute approximate surface area is 260 Å². The van der Waals surface area contributed by atoms with Crippen molar-refractivity contribution in [2.24, 2.45) is 11.8 Å². The van der Waals surface area contributed by atoms with Crippen molar-refractivity contribution in [2.45, 2.75) is 72.1 Å². The number of carbonyl (C=O) groups is 2. The number of rotatable bonds is 10. The Morgan fingerprint density at radius 1 is 1.00 bits per heavy atom. The van der Waals surface area contributed by atoms with Crippen LogP contribution in [0, 0.1) is 17.7 Å². The molecule has 1 saturated heterocycles. The number of nitrogens with one attached hydrogen (secondary N) is 1. The summed E-state index contributed by atoms with van der Waals surface area (Å²) in [5, 5.41) is 2.92. The van der Waals surface area contributed by atoms with E-state index >= 15 is 4.39 Å². The molecule has 1 fully saturated rings. The van der Waals surface area contributed by atoms with Gasteiger partial charge in [0.05, 0.1) is 0 Å². The van der Waals surface area contributed by atoms with E-state index in [2.05, 4.69) is 15.3 Å². The Hall–Kier alpha value is -4.06. The molecule has 0 saturated carbocycles. The van der Waals surface area contributed by atoms with Crippen molar-refractivity contribution < 1.29 is 31.9 Å². The largest absolute Gasteiger partial charge is 0.480 e. The number of aromatic nitrogens is 2.